The highest BCUT2D eigenvalue weighted by atomic mass is 16.7. The van der Waals surface area contributed by atoms with E-state index in [4.69, 9.17) is 13.7 Å². The van der Waals surface area contributed by atoms with Gasteiger partial charge in [-0.1, -0.05) is 72.8 Å². The zero-order chi connectivity index (χ0) is 22.1. The Labute approximate surface area is 188 Å². The molecule has 0 aliphatic carbocycles. The molecule has 158 valence electrons. The van der Waals surface area contributed by atoms with Crippen LogP contribution in [0.15, 0.2) is 83.3 Å². The van der Waals surface area contributed by atoms with Crippen LogP contribution in [-0.2, 0) is 9.31 Å². The molecule has 1 fully saturated rings. The lowest BCUT2D eigenvalue weighted by Crippen LogP contribution is -2.41. The molecule has 1 aromatic heterocycles. The summed E-state index contributed by atoms with van der Waals surface area (Å²) in [5.74, 6) is 0. The van der Waals surface area contributed by atoms with Crippen LogP contribution in [0.25, 0.3) is 43.8 Å². The molecule has 4 heteroatoms. The molecule has 1 aliphatic heterocycles. The zero-order valence-corrected chi connectivity index (χ0v) is 18.8. The molecule has 4 aromatic carbocycles. The van der Waals surface area contributed by atoms with E-state index in [-0.39, 0.29) is 0 Å². The second-order valence-corrected chi connectivity index (χ2v) is 9.63. The van der Waals surface area contributed by atoms with Crippen LogP contribution >= 0.6 is 0 Å². The number of fused-ring (bicyclic) bond motifs is 5. The number of benzene rings is 4. The van der Waals surface area contributed by atoms with Gasteiger partial charge in [-0.25, -0.2) is 0 Å². The van der Waals surface area contributed by atoms with Gasteiger partial charge in [-0.3, -0.25) is 0 Å². The molecule has 0 unspecified atom stereocenters. The molecule has 0 saturated carbocycles. The minimum atomic E-state index is -0.465. The summed E-state index contributed by atoms with van der Waals surface area (Å²) >= 11 is 0. The molecular weight excluding hydrogens is 395 g/mol. The van der Waals surface area contributed by atoms with E-state index in [0.29, 0.717) is 0 Å². The molecule has 3 nitrogen and oxygen atoms in total. The molecule has 0 N–H and O–H groups in total. The van der Waals surface area contributed by atoms with Gasteiger partial charge in [0.2, 0.25) is 0 Å². The van der Waals surface area contributed by atoms with E-state index in [0.717, 1.165) is 43.7 Å². The van der Waals surface area contributed by atoms with Crippen molar-refractivity contribution in [3.63, 3.8) is 0 Å². The van der Waals surface area contributed by atoms with Crippen molar-refractivity contribution in [3.8, 4) is 11.1 Å². The molecule has 0 atom stereocenters. The first-order chi connectivity index (χ1) is 15.4. The molecule has 6 rings (SSSR count). The molecule has 0 spiro atoms. The molecule has 0 radical (unpaired) electrons. The zero-order valence-electron chi connectivity index (χ0n) is 18.8. The van der Waals surface area contributed by atoms with Crippen molar-refractivity contribution >= 4 is 45.3 Å². The highest BCUT2D eigenvalue weighted by molar-refractivity contribution is 6.66. The Morgan fingerprint density at radius 1 is 0.688 bits per heavy atom. The van der Waals surface area contributed by atoms with E-state index in [1.807, 2.05) is 18.2 Å². The van der Waals surface area contributed by atoms with Gasteiger partial charge in [-0.05, 0) is 55.7 Å². The maximum absolute atomic E-state index is 6.52. The first-order valence-electron chi connectivity index (χ1n) is 11.1. The standard InChI is InChI=1S/C28H25BO3/c1-27(2)28(3,4)32-29(31-27)22-17-19-13-10-15-20(18-11-6-5-7-12-18)24(19)26-25(22)21-14-8-9-16-23(21)30-26/h5-17H,1-4H3. The average molecular weight is 420 g/mol. The van der Waals surface area contributed by atoms with Crippen molar-refractivity contribution in [2.75, 3.05) is 0 Å². The summed E-state index contributed by atoms with van der Waals surface area (Å²) in [4.78, 5) is 0. The fourth-order valence-corrected chi connectivity index (χ4v) is 4.71. The second-order valence-electron chi connectivity index (χ2n) is 9.63. The van der Waals surface area contributed by atoms with Gasteiger partial charge in [0, 0.05) is 16.2 Å². The van der Waals surface area contributed by atoms with Gasteiger partial charge in [0.25, 0.3) is 0 Å². The van der Waals surface area contributed by atoms with Crippen LogP contribution in [0.1, 0.15) is 27.7 Å². The molecule has 0 bridgehead atoms. The van der Waals surface area contributed by atoms with Gasteiger partial charge in [-0.15, -0.1) is 0 Å². The van der Waals surface area contributed by atoms with Gasteiger partial charge in [0.05, 0.1) is 11.2 Å². The quantitative estimate of drug-likeness (QED) is 0.298. The van der Waals surface area contributed by atoms with Crippen LogP contribution in [0.3, 0.4) is 0 Å². The summed E-state index contributed by atoms with van der Waals surface area (Å²) in [7, 11) is -0.465. The van der Waals surface area contributed by atoms with Crippen LogP contribution < -0.4 is 5.46 Å². The number of hydrogen-bond acceptors (Lipinski definition) is 3. The average Bonchev–Trinajstić information content (AvgIpc) is 3.27. The summed E-state index contributed by atoms with van der Waals surface area (Å²) in [5, 5.41) is 4.37. The maximum atomic E-state index is 6.52. The minimum Gasteiger partial charge on any atom is -0.455 e. The van der Waals surface area contributed by atoms with Gasteiger partial charge in [0.1, 0.15) is 11.2 Å². The first kappa shape index (κ1) is 19.6. The lowest BCUT2D eigenvalue weighted by Gasteiger charge is -2.32. The first-order valence-corrected chi connectivity index (χ1v) is 11.1. The van der Waals surface area contributed by atoms with Gasteiger partial charge in [0.15, 0.2) is 0 Å². The summed E-state index contributed by atoms with van der Waals surface area (Å²) in [6.07, 6.45) is 0. The van der Waals surface area contributed by atoms with E-state index in [1.165, 1.54) is 5.56 Å². The third-order valence-corrected chi connectivity index (χ3v) is 7.11. The minimum absolute atomic E-state index is 0.412. The van der Waals surface area contributed by atoms with Gasteiger partial charge in [-0.2, -0.15) is 0 Å². The normalized spacial score (nSPS) is 17.6. The molecule has 2 heterocycles. The topological polar surface area (TPSA) is 31.6 Å². The van der Waals surface area contributed by atoms with Crippen molar-refractivity contribution in [3.05, 3.63) is 78.9 Å². The Balaban J connectivity index is 1.72. The Bertz CT molecular complexity index is 1460. The highest BCUT2D eigenvalue weighted by Crippen LogP contribution is 2.41. The summed E-state index contributed by atoms with van der Waals surface area (Å²) in [6, 6.07) is 27.3. The Kier molecular flexibility index (Phi) is 4.11. The summed E-state index contributed by atoms with van der Waals surface area (Å²) in [5.41, 5.74) is 4.27. The Hall–Kier alpha value is -3.08. The number of para-hydroxylation sites is 1. The largest absolute Gasteiger partial charge is 0.495 e. The predicted molar refractivity (Wildman–Crippen MR) is 132 cm³/mol. The Morgan fingerprint density at radius 3 is 2.12 bits per heavy atom. The van der Waals surface area contributed by atoms with Crippen LogP contribution in [-0.4, -0.2) is 18.3 Å². The van der Waals surface area contributed by atoms with Crippen LogP contribution in [0.5, 0.6) is 0 Å². The van der Waals surface area contributed by atoms with Gasteiger partial charge < -0.3 is 13.7 Å². The van der Waals surface area contributed by atoms with Gasteiger partial charge >= 0.3 is 7.12 Å². The van der Waals surface area contributed by atoms with Crippen molar-refractivity contribution in [2.24, 2.45) is 0 Å². The van der Waals surface area contributed by atoms with E-state index >= 15 is 0 Å². The smallest absolute Gasteiger partial charge is 0.455 e. The van der Waals surface area contributed by atoms with Crippen LogP contribution in [0, 0.1) is 0 Å². The molecule has 1 aliphatic rings. The molecule has 0 amide bonds. The molecule has 32 heavy (non-hydrogen) atoms. The lowest BCUT2D eigenvalue weighted by atomic mass is 9.75. The van der Waals surface area contributed by atoms with E-state index in [1.54, 1.807) is 0 Å². The van der Waals surface area contributed by atoms with E-state index in [9.17, 15) is 0 Å². The van der Waals surface area contributed by atoms with Crippen molar-refractivity contribution < 1.29 is 13.7 Å². The summed E-state index contributed by atoms with van der Waals surface area (Å²) < 4.78 is 19.5. The number of rotatable bonds is 2. The highest BCUT2D eigenvalue weighted by Gasteiger charge is 2.52. The van der Waals surface area contributed by atoms with Crippen LogP contribution in [0.4, 0.5) is 0 Å². The lowest BCUT2D eigenvalue weighted by molar-refractivity contribution is 0.00578. The van der Waals surface area contributed by atoms with Crippen molar-refractivity contribution in [2.45, 2.75) is 38.9 Å². The predicted octanol–water partition coefficient (Wildman–Crippen LogP) is 6.71. The van der Waals surface area contributed by atoms with Crippen LogP contribution in [0.2, 0.25) is 0 Å². The molecule has 1 saturated heterocycles. The molecular formula is C28H25BO3. The van der Waals surface area contributed by atoms with E-state index < -0.39 is 18.3 Å². The Morgan fingerprint density at radius 2 is 1.38 bits per heavy atom. The third-order valence-electron chi connectivity index (χ3n) is 7.11. The monoisotopic (exact) mass is 420 g/mol. The number of furan rings is 1. The third kappa shape index (κ3) is 2.76. The molecule has 5 aromatic rings. The fourth-order valence-electron chi connectivity index (χ4n) is 4.71. The maximum Gasteiger partial charge on any atom is 0.495 e. The van der Waals surface area contributed by atoms with Crippen molar-refractivity contribution in [1.29, 1.82) is 0 Å². The second kappa shape index (κ2) is 6.71. The van der Waals surface area contributed by atoms with Crippen molar-refractivity contribution in [1.82, 2.24) is 0 Å². The fraction of sp³-hybridized carbons (Fsp3) is 0.214. The summed E-state index contributed by atoms with van der Waals surface area (Å²) in [6.45, 7) is 8.36. The number of hydrogen-bond donors (Lipinski definition) is 0. The van der Waals surface area contributed by atoms with E-state index in [2.05, 4.69) is 88.4 Å². The SMILES string of the molecule is CC1(C)OB(c2cc3cccc(-c4ccccc4)c3c3oc4ccccc4c23)OC1(C)C.